The molecule has 0 saturated carbocycles. The summed E-state index contributed by atoms with van der Waals surface area (Å²) in [6, 6.07) is 12.9. The number of ketones is 2. The van der Waals surface area contributed by atoms with Gasteiger partial charge in [-0.2, -0.15) is 0 Å². The third-order valence-electron chi connectivity index (χ3n) is 3.54. The molecule has 0 spiro atoms. The van der Waals surface area contributed by atoms with E-state index >= 15 is 0 Å². The molecule has 0 radical (unpaired) electrons. The Morgan fingerprint density at radius 2 is 1.52 bits per heavy atom. The van der Waals surface area contributed by atoms with Gasteiger partial charge in [0.05, 0.1) is 0 Å². The lowest BCUT2D eigenvalue weighted by atomic mass is 9.83. The summed E-state index contributed by atoms with van der Waals surface area (Å²) < 4.78 is 0. The number of halogens is 1. The molecule has 0 atom stereocenters. The Labute approximate surface area is 131 Å². The van der Waals surface area contributed by atoms with E-state index < -0.39 is 11.6 Å². The van der Waals surface area contributed by atoms with E-state index in [0.717, 1.165) is 28.4 Å². The first-order valence-corrected chi connectivity index (χ1v) is 7.89. The fourth-order valence-electron chi connectivity index (χ4n) is 2.53. The van der Waals surface area contributed by atoms with E-state index in [2.05, 4.69) is 22.0 Å². The number of fused-ring (bicyclic) bond motifs is 3. The van der Waals surface area contributed by atoms with Gasteiger partial charge in [-0.3, -0.25) is 9.59 Å². The number of hydrogen-bond acceptors (Lipinski definition) is 2. The molecule has 1 aliphatic rings. The summed E-state index contributed by atoms with van der Waals surface area (Å²) in [5.41, 5.74) is 3.71. The summed E-state index contributed by atoms with van der Waals surface area (Å²) in [6.07, 6.45) is 5.06. The van der Waals surface area contributed by atoms with E-state index in [1.165, 1.54) is 0 Å². The zero-order chi connectivity index (χ0) is 14.8. The normalized spacial score (nSPS) is 13.4. The first-order chi connectivity index (χ1) is 10.2. The highest BCUT2D eigenvalue weighted by atomic mass is 79.9. The van der Waals surface area contributed by atoms with E-state index in [1.54, 1.807) is 18.2 Å². The monoisotopic (exact) mass is 340 g/mol. The van der Waals surface area contributed by atoms with Gasteiger partial charge in [0.25, 0.3) is 0 Å². The van der Waals surface area contributed by atoms with Crippen LogP contribution in [0.4, 0.5) is 0 Å². The molecule has 21 heavy (non-hydrogen) atoms. The van der Waals surface area contributed by atoms with Crippen molar-refractivity contribution in [2.75, 3.05) is 5.33 Å². The highest BCUT2D eigenvalue weighted by Gasteiger charge is 2.29. The summed E-state index contributed by atoms with van der Waals surface area (Å²) in [6.45, 7) is 0. The van der Waals surface area contributed by atoms with Crippen molar-refractivity contribution >= 4 is 33.6 Å². The van der Waals surface area contributed by atoms with Gasteiger partial charge in [-0.15, -0.1) is 0 Å². The van der Waals surface area contributed by atoms with E-state index in [-0.39, 0.29) is 0 Å². The van der Waals surface area contributed by atoms with Gasteiger partial charge in [0.1, 0.15) is 0 Å². The van der Waals surface area contributed by atoms with Crippen molar-refractivity contribution in [1.82, 2.24) is 0 Å². The van der Waals surface area contributed by atoms with Gasteiger partial charge >= 0.3 is 0 Å². The van der Waals surface area contributed by atoms with E-state index in [0.29, 0.717) is 11.1 Å². The van der Waals surface area contributed by atoms with Crippen LogP contribution in [0.1, 0.15) is 32.7 Å². The number of Topliss-reactive ketones (excluding diaryl/α,β-unsaturated/α-hetero) is 2. The Kier molecular flexibility index (Phi) is 3.84. The Hall–Kier alpha value is -2.00. The number of rotatable bonds is 3. The van der Waals surface area contributed by atoms with E-state index in [9.17, 15) is 9.59 Å². The summed E-state index contributed by atoms with van der Waals surface area (Å²) >= 11 is 3.39. The molecule has 2 aromatic rings. The molecule has 3 rings (SSSR count). The molecule has 2 nitrogen and oxygen atoms in total. The predicted octanol–water partition coefficient (Wildman–Crippen LogP) is 4.53. The minimum absolute atomic E-state index is 0.416. The smallest absolute Gasteiger partial charge is 0.234 e. The standard InChI is InChI=1S/C18H13BrO2/c19-10-4-3-5-12-8-9-15-16(11-12)13-6-1-2-7-14(13)17(20)18(15)21/h1-3,5-9,11H,4,10H2. The summed E-state index contributed by atoms with van der Waals surface area (Å²) in [4.78, 5) is 24.3. The Morgan fingerprint density at radius 3 is 2.24 bits per heavy atom. The third-order valence-corrected chi connectivity index (χ3v) is 4.00. The lowest BCUT2D eigenvalue weighted by Gasteiger charge is -2.18. The molecule has 2 aromatic carbocycles. The van der Waals surface area contributed by atoms with E-state index in [4.69, 9.17) is 0 Å². The van der Waals surface area contributed by atoms with Crippen molar-refractivity contribution in [2.24, 2.45) is 0 Å². The molecule has 1 aliphatic carbocycles. The Balaban J connectivity index is 2.13. The molecular formula is C18H13BrO2. The van der Waals surface area contributed by atoms with Crippen LogP contribution < -0.4 is 0 Å². The molecule has 3 heteroatoms. The van der Waals surface area contributed by atoms with Crippen LogP contribution in [0.3, 0.4) is 0 Å². The first kappa shape index (κ1) is 14.0. The molecule has 0 aliphatic heterocycles. The van der Waals surface area contributed by atoms with Crippen LogP contribution in [0.25, 0.3) is 17.2 Å². The molecule has 0 unspecified atom stereocenters. The van der Waals surface area contributed by atoms with Crippen LogP contribution in [0.2, 0.25) is 0 Å². The minimum Gasteiger partial charge on any atom is -0.285 e. The van der Waals surface area contributed by atoms with Crippen LogP contribution in [-0.2, 0) is 0 Å². The number of benzene rings is 2. The summed E-state index contributed by atoms with van der Waals surface area (Å²) in [7, 11) is 0. The zero-order valence-electron chi connectivity index (χ0n) is 11.3. The summed E-state index contributed by atoms with van der Waals surface area (Å²) in [5, 5.41) is 0.921. The van der Waals surface area contributed by atoms with Gasteiger partial charge in [-0.1, -0.05) is 58.4 Å². The van der Waals surface area contributed by atoms with E-state index in [1.807, 2.05) is 30.3 Å². The van der Waals surface area contributed by atoms with Crippen molar-refractivity contribution in [3.05, 3.63) is 65.2 Å². The average Bonchev–Trinajstić information content (AvgIpc) is 2.53. The van der Waals surface area contributed by atoms with Crippen LogP contribution in [0.5, 0.6) is 0 Å². The van der Waals surface area contributed by atoms with Gasteiger partial charge in [0, 0.05) is 16.5 Å². The second kappa shape index (κ2) is 5.78. The molecule has 0 bridgehead atoms. The topological polar surface area (TPSA) is 34.1 Å². The molecule has 0 heterocycles. The van der Waals surface area contributed by atoms with Crippen molar-refractivity contribution in [3.8, 4) is 11.1 Å². The molecule has 0 saturated heterocycles. The molecule has 0 N–H and O–H groups in total. The van der Waals surface area contributed by atoms with Crippen LogP contribution >= 0.6 is 15.9 Å². The second-order valence-electron chi connectivity index (χ2n) is 4.89. The molecule has 0 fully saturated rings. The second-order valence-corrected chi connectivity index (χ2v) is 5.68. The van der Waals surface area contributed by atoms with Crippen LogP contribution in [0.15, 0.2) is 48.5 Å². The average molecular weight is 341 g/mol. The maximum Gasteiger partial charge on any atom is 0.234 e. The number of allylic oxidation sites excluding steroid dienone is 1. The lowest BCUT2D eigenvalue weighted by Crippen LogP contribution is -2.21. The fourth-order valence-corrected chi connectivity index (χ4v) is 2.79. The fraction of sp³-hybridized carbons (Fsp3) is 0.111. The van der Waals surface area contributed by atoms with Crippen molar-refractivity contribution in [2.45, 2.75) is 6.42 Å². The Bertz CT molecular complexity index is 760. The lowest BCUT2D eigenvalue weighted by molar-refractivity contribution is 0.0815. The Morgan fingerprint density at radius 1 is 0.857 bits per heavy atom. The number of carbonyl (C=O) groups excluding carboxylic acids is 2. The number of hydrogen-bond donors (Lipinski definition) is 0. The number of carbonyl (C=O) groups is 2. The van der Waals surface area contributed by atoms with Crippen molar-refractivity contribution in [1.29, 1.82) is 0 Å². The maximum atomic E-state index is 12.2. The van der Waals surface area contributed by atoms with Gasteiger partial charge in [0.2, 0.25) is 11.6 Å². The molecular weight excluding hydrogens is 328 g/mol. The van der Waals surface area contributed by atoms with Gasteiger partial charge in [-0.25, -0.2) is 0 Å². The van der Waals surface area contributed by atoms with Gasteiger partial charge < -0.3 is 0 Å². The molecule has 0 amide bonds. The minimum atomic E-state index is -0.417. The van der Waals surface area contributed by atoms with Gasteiger partial charge in [-0.05, 0) is 35.2 Å². The SMILES string of the molecule is O=C1C(=O)c2ccc(C=CCCBr)cc2-c2ccccc21. The predicted molar refractivity (Wildman–Crippen MR) is 88.0 cm³/mol. The molecule has 104 valence electrons. The van der Waals surface area contributed by atoms with Crippen LogP contribution in [-0.4, -0.2) is 16.9 Å². The highest BCUT2D eigenvalue weighted by Crippen LogP contribution is 2.34. The third kappa shape index (κ3) is 2.49. The quantitative estimate of drug-likeness (QED) is 0.607. The van der Waals surface area contributed by atoms with Crippen molar-refractivity contribution < 1.29 is 9.59 Å². The highest BCUT2D eigenvalue weighted by molar-refractivity contribution is 9.09. The maximum absolute atomic E-state index is 12.2. The van der Waals surface area contributed by atoms with Crippen molar-refractivity contribution in [3.63, 3.8) is 0 Å². The van der Waals surface area contributed by atoms with Crippen LogP contribution in [0, 0.1) is 0 Å². The number of alkyl halides is 1. The van der Waals surface area contributed by atoms with Gasteiger partial charge in [0.15, 0.2) is 0 Å². The first-order valence-electron chi connectivity index (χ1n) is 6.77. The largest absolute Gasteiger partial charge is 0.285 e. The molecule has 0 aromatic heterocycles. The summed E-state index contributed by atoms with van der Waals surface area (Å²) in [5.74, 6) is -0.833. The zero-order valence-corrected chi connectivity index (χ0v) is 12.9.